The second kappa shape index (κ2) is 13.2. The number of hydrogen-bond acceptors (Lipinski definition) is 7. The van der Waals surface area contributed by atoms with E-state index in [0.717, 1.165) is 96.9 Å². The Morgan fingerprint density at radius 1 is 1.02 bits per heavy atom. The molecule has 1 fully saturated rings. The van der Waals surface area contributed by atoms with Crippen LogP contribution >= 0.6 is 0 Å². The van der Waals surface area contributed by atoms with Gasteiger partial charge in [0, 0.05) is 79.8 Å². The molecule has 4 heterocycles. The molecule has 0 unspecified atom stereocenters. The Balaban J connectivity index is 0.000000493. The number of aromatic amines is 1. The number of rotatable bonds is 9. The van der Waals surface area contributed by atoms with Crippen molar-refractivity contribution < 1.29 is 37.7 Å². The maximum atomic E-state index is 10.6. The van der Waals surface area contributed by atoms with Crippen LogP contribution in [0.1, 0.15) is 6.42 Å². The third-order valence-electron chi connectivity index (χ3n) is 7.07. The highest BCUT2D eigenvalue weighted by Gasteiger charge is 2.38. The Morgan fingerprint density at radius 3 is 2.24 bits per heavy atom. The molecular weight excluding hydrogens is 543 g/mol. The average Bonchev–Trinajstić information content (AvgIpc) is 3.54. The molecule has 4 aromatic rings. The summed E-state index contributed by atoms with van der Waals surface area (Å²) in [5.74, 6) is -1.30. The maximum absolute atomic E-state index is 10.6. The summed E-state index contributed by atoms with van der Waals surface area (Å²) in [6.07, 6.45) is 0.0165. The van der Waals surface area contributed by atoms with Crippen molar-refractivity contribution in [3.05, 3.63) is 42.7 Å². The van der Waals surface area contributed by atoms with Crippen molar-refractivity contribution in [2.75, 3.05) is 60.1 Å². The molecule has 222 valence electrons. The quantitative estimate of drug-likeness (QED) is 0.275. The van der Waals surface area contributed by atoms with Crippen LogP contribution in [0, 0.1) is 0 Å². The number of hydrogen-bond donors (Lipinski definition) is 3. The molecule has 3 aromatic heterocycles. The Kier molecular flexibility index (Phi) is 9.73. The van der Waals surface area contributed by atoms with E-state index in [0.29, 0.717) is 0 Å². The molecule has 3 N–H and O–H groups in total. The van der Waals surface area contributed by atoms with Gasteiger partial charge in [-0.1, -0.05) is 0 Å². The van der Waals surface area contributed by atoms with Gasteiger partial charge in [0.1, 0.15) is 5.65 Å². The molecule has 10 nitrogen and oxygen atoms in total. The normalized spacial score (nSPS) is 14.7. The molecule has 5 rings (SSSR count). The van der Waals surface area contributed by atoms with Gasteiger partial charge >= 0.3 is 12.1 Å². The number of nitrogens with one attached hydrogen (secondary N) is 1. The smallest absolute Gasteiger partial charge is 0.490 e. The van der Waals surface area contributed by atoms with Gasteiger partial charge in [0.15, 0.2) is 11.5 Å². The zero-order chi connectivity index (χ0) is 29.6. The van der Waals surface area contributed by atoms with E-state index in [2.05, 4.69) is 54.8 Å². The van der Waals surface area contributed by atoms with Crippen LogP contribution in [0.4, 0.5) is 13.2 Å². The topological polar surface area (TPSA) is 116 Å². The molecule has 0 saturated carbocycles. The number of piperazine rings is 1. The molecule has 1 aliphatic rings. The number of carboxylic acids is 1. The highest BCUT2D eigenvalue weighted by Crippen LogP contribution is 2.39. The largest absolute Gasteiger partial charge is 0.493 e. The molecule has 0 spiro atoms. The Bertz CT molecular complexity index is 1430. The summed E-state index contributed by atoms with van der Waals surface area (Å²) in [6.45, 7) is 7.18. The second-order valence-electron chi connectivity index (χ2n) is 9.65. The summed E-state index contributed by atoms with van der Waals surface area (Å²) >= 11 is 0. The first-order chi connectivity index (χ1) is 19.6. The van der Waals surface area contributed by atoms with Crippen LogP contribution < -0.4 is 9.47 Å². The van der Waals surface area contributed by atoms with Crippen molar-refractivity contribution in [1.82, 2.24) is 24.3 Å². The van der Waals surface area contributed by atoms with Crippen LogP contribution in [-0.4, -0.2) is 107 Å². The number of nitrogens with zero attached hydrogens (tertiary/aromatic N) is 4. The van der Waals surface area contributed by atoms with E-state index >= 15 is 0 Å². The number of fused-ring (bicyclic) bond motifs is 2. The van der Waals surface area contributed by atoms with Crippen LogP contribution in [-0.2, 0) is 11.3 Å². The molecular formula is C28H34F3N5O5. The predicted octanol–water partition coefficient (Wildman–Crippen LogP) is 3.84. The summed E-state index contributed by atoms with van der Waals surface area (Å²) in [5.41, 5.74) is 4.20. The summed E-state index contributed by atoms with van der Waals surface area (Å²) < 4.78 is 45.3. The standard InChI is InChI=1S/C26H33N5O3.C2HF3O2/c1-33-24-16-20-21(22-15-19-5-3-6-27-26(19)28-22)18-31(23(20)17-25(24)34-2)8-4-7-29-9-11-30(12-10-29)13-14-32;3-2(4,5)1(6)7/h3,5-6,15-18,32H,4,7-14H2,1-2H3,(H,27,28);(H,6,7). The summed E-state index contributed by atoms with van der Waals surface area (Å²) in [7, 11) is 3.35. The number of β-amino-alcohol motifs (C(OH)–C–C–N with tert-alkyl or cyclic N) is 1. The van der Waals surface area contributed by atoms with E-state index in [1.54, 1.807) is 14.2 Å². The monoisotopic (exact) mass is 577 g/mol. The van der Waals surface area contributed by atoms with Crippen LogP contribution in [0.25, 0.3) is 33.2 Å². The van der Waals surface area contributed by atoms with E-state index in [1.807, 2.05) is 12.3 Å². The number of alkyl halides is 3. The number of aliphatic hydroxyl groups excluding tert-OH is 1. The van der Waals surface area contributed by atoms with Crippen molar-refractivity contribution >= 4 is 27.9 Å². The Morgan fingerprint density at radius 2 is 1.66 bits per heavy atom. The molecule has 0 radical (unpaired) electrons. The zero-order valence-electron chi connectivity index (χ0n) is 22.9. The van der Waals surface area contributed by atoms with Gasteiger partial charge in [-0.15, -0.1) is 0 Å². The second-order valence-corrected chi connectivity index (χ2v) is 9.65. The minimum Gasteiger partial charge on any atom is -0.493 e. The molecule has 0 amide bonds. The number of ether oxygens (including phenoxy) is 2. The minimum atomic E-state index is -5.08. The van der Waals surface area contributed by atoms with Gasteiger partial charge in [-0.05, 0) is 37.2 Å². The van der Waals surface area contributed by atoms with E-state index in [-0.39, 0.29) is 6.61 Å². The van der Waals surface area contributed by atoms with Crippen molar-refractivity contribution in [3.8, 4) is 22.8 Å². The van der Waals surface area contributed by atoms with E-state index in [1.165, 1.54) is 0 Å². The van der Waals surface area contributed by atoms with Gasteiger partial charge in [-0.2, -0.15) is 13.2 Å². The third-order valence-corrected chi connectivity index (χ3v) is 7.07. The number of aliphatic carboxylic acids is 1. The van der Waals surface area contributed by atoms with E-state index in [9.17, 15) is 13.2 Å². The van der Waals surface area contributed by atoms with Gasteiger partial charge in [-0.3, -0.25) is 4.90 Å². The summed E-state index contributed by atoms with van der Waals surface area (Å²) in [6, 6.07) is 10.3. The number of carboxylic acid groups (broad SMARTS) is 1. The lowest BCUT2D eigenvalue weighted by molar-refractivity contribution is -0.192. The minimum absolute atomic E-state index is 0.240. The number of aliphatic hydroxyl groups is 1. The first-order valence-corrected chi connectivity index (χ1v) is 13.2. The molecule has 41 heavy (non-hydrogen) atoms. The van der Waals surface area contributed by atoms with Gasteiger partial charge in [0.2, 0.25) is 0 Å². The first kappa shape index (κ1) is 30.2. The molecule has 1 aromatic carbocycles. The van der Waals surface area contributed by atoms with Gasteiger partial charge in [-0.25, -0.2) is 9.78 Å². The fourth-order valence-corrected chi connectivity index (χ4v) is 4.96. The van der Waals surface area contributed by atoms with Crippen molar-refractivity contribution in [1.29, 1.82) is 0 Å². The van der Waals surface area contributed by atoms with E-state index < -0.39 is 12.1 Å². The Hall–Kier alpha value is -3.81. The van der Waals surface area contributed by atoms with Gasteiger partial charge in [0.25, 0.3) is 0 Å². The number of benzene rings is 1. The fraction of sp³-hybridized carbons (Fsp3) is 0.429. The van der Waals surface area contributed by atoms with Crippen molar-refractivity contribution in [3.63, 3.8) is 0 Å². The molecule has 13 heteroatoms. The van der Waals surface area contributed by atoms with Crippen LogP contribution in [0.15, 0.2) is 42.7 Å². The third kappa shape index (κ3) is 7.29. The average molecular weight is 578 g/mol. The highest BCUT2D eigenvalue weighted by molar-refractivity contribution is 5.99. The number of pyridine rings is 1. The fourth-order valence-electron chi connectivity index (χ4n) is 4.96. The lowest BCUT2D eigenvalue weighted by Crippen LogP contribution is -2.47. The number of aromatic nitrogens is 3. The summed E-state index contributed by atoms with van der Waals surface area (Å²) in [5, 5.41) is 18.5. The highest BCUT2D eigenvalue weighted by atomic mass is 19.4. The lowest BCUT2D eigenvalue weighted by Gasteiger charge is -2.34. The number of carbonyl (C=O) groups is 1. The number of halogens is 3. The van der Waals surface area contributed by atoms with Gasteiger partial charge in [0.05, 0.1) is 26.3 Å². The molecule has 1 saturated heterocycles. The molecule has 0 bridgehead atoms. The molecule has 0 atom stereocenters. The van der Waals surface area contributed by atoms with Crippen molar-refractivity contribution in [2.45, 2.75) is 19.1 Å². The van der Waals surface area contributed by atoms with Crippen LogP contribution in [0.5, 0.6) is 11.5 Å². The van der Waals surface area contributed by atoms with Gasteiger partial charge < -0.3 is 34.1 Å². The first-order valence-electron chi connectivity index (χ1n) is 13.2. The van der Waals surface area contributed by atoms with Crippen LogP contribution in [0.2, 0.25) is 0 Å². The number of methoxy groups -OCH3 is 2. The number of H-pyrrole nitrogens is 1. The summed E-state index contributed by atoms with van der Waals surface area (Å²) in [4.78, 5) is 21.7. The zero-order valence-corrected chi connectivity index (χ0v) is 22.9. The molecule has 0 aliphatic carbocycles. The van der Waals surface area contributed by atoms with E-state index in [4.69, 9.17) is 24.5 Å². The van der Waals surface area contributed by atoms with Crippen molar-refractivity contribution in [2.24, 2.45) is 0 Å². The Labute approximate surface area is 234 Å². The van der Waals surface area contributed by atoms with Crippen LogP contribution in [0.3, 0.4) is 0 Å². The molecule has 1 aliphatic heterocycles. The number of aryl methyl sites for hydroxylation is 1. The predicted molar refractivity (Wildman–Crippen MR) is 148 cm³/mol. The lowest BCUT2D eigenvalue weighted by atomic mass is 10.1. The maximum Gasteiger partial charge on any atom is 0.490 e. The SMILES string of the molecule is COc1cc2c(-c3cc4cccnc4[nH]3)cn(CCCN3CCN(CCO)CC3)c2cc1OC.O=C(O)C(F)(F)F.